The van der Waals surface area contributed by atoms with Gasteiger partial charge in [0.1, 0.15) is 0 Å². The standard InChI is InChI=1S/C16H18N2O/c1-17-12-16(19)18-11-13-7-9-15(10-8-13)14-5-3-2-4-6-14/h2-10,17H,11-12H2,1H3,(H,18,19). The average Bonchev–Trinajstić information content (AvgIpc) is 2.47. The van der Waals surface area contributed by atoms with E-state index in [0.717, 1.165) is 5.56 Å². The SMILES string of the molecule is CNCC(=O)NCc1ccc(-c2ccccc2)cc1. The van der Waals surface area contributed by atoms with E-state index in [-0.39, 0.29) is 5.91 Å². The first-order valence-corrected chi connectivity index (χ1v) is 6.35. The first kappa shape index (κ1) is 13.3. The van der Waals surface area contributed by atoms with Crippen molar-refractivity contribution in [1.29, 1.82) is 0 Å². The molecular weight excluding hydrogens is 236 g/mol. The molecule has 3 nitrogen and oxygen atoms in total. The normalized spacial score (nSPS) is 10.2. The summed E-state index contributed by atoms with van der Waals surface area (Å²) in [4.78, 5) is 11.3. The molecule has 0 aliphatic rings. The molecule has 0 aromatic heterocycles. The Bertz CT molecular complexity index is 520. The van der Waals surface area contributed by atoms with E-state index >= 15 is 0 Å². The Morgan fingerprint density at radius 2 is 1.58 bits per heavy atom. The molecule has 2 aromatic rings. The smallest absolute Gasteiger partial charge is 0.234 e. The van der Waals surface area contributed by atoms with Crippen LogP contribution in [0.2, 0.25) is 0 Å². The maximum Gasteiger partial charge on any atom is 0.234 e. The van der Waals surface area contributed by atoms with Crippen LogP contribution in [0.25, 0.3) is 11.1 Å². The Labute approximate surface area is 113 Å². The zero-order valence-corrected chi connectivity index (χ0v) is 11.0. The quantitative estimate of drug-likeness (QED) is 0.858. The molecule has 0 atom stereocenters. The molecule has 19 heavy (non-hydrogen) atoms. The molecule has 0 radical (unpaired) electrons. The summed E-state index contributed by atoms with van der Waals surface area (Å²) in [6, 6.07) is 18.5. The van der Waals surface area contributed by atoms with Crippen LogP contribution in [-0.2, 0) is 11.3 Å². The molecular formula is C16H18N2O. The van der Waals surface area contributed by atoms with Gasteiger partial charge >= 0.3 is 0 Å². The topological polar surface area (TPSA) is 41.1 Å². The lowest BCUT2D eigenvalue weighted by molar-refractivity contribution is -0.120. The van der Waals surface area contributed by atoms with E-state index in [2.05, 4.69) is 34.9 Å². The van der Waals surface area contributed by atoms with Gasteiger partial charge in [-0.1, -0.05) is 54.6 Å². The van der Waals surface area contributed by atoms with Crippen LogP contribution in [0.3, 0.4) is 0 Å². The van der Waals surface area contributed by atoms with Crippen molar-refractivity contribution in [3.8, 4) is 11.1 Å². The summed E-state index contributed by atoms with van der Waals surface area (Å²) in [5.41, 5.74) is 3.49. The van der Waals surface area contributed by atoms with Gasteiger partial charge in [0.2, 0.25) is 5.91 Å². The minimum Gasteiger partial charge on any atom is -0.351 e. The largest absolute Gasteiger partial charge is 0.351 e. The van der Waals surface area contributed by atoms with Crippen LogP contribution in [0.4, 0.5) is 0 Å². The van der Waals surface area contributed by atoms with E-state index < -0.39 is 0 Å². The molecule has 2 rings (SSSR count). The monoisotopic (exact) mass is 254 g/mol. The number of nitrogens with one attached hydrogen (secondary N) is 2. The van der Waals surface area contributed by atoms with Crippen molar-refractivity contribution in [3.63, 3.8) is 0 Å². The van der Waals surface area contributed by atoms with Gasteiger partial charge in [-0.3, -0.25) is 4.79 Å². The van der Waals surface area contributed by atoms with Crippen molar-refractivity contribution in [1.82, 2.24) is 10.6 Å². The molecule has 0 saturated carbocycles. The number of benzene rings is 2. The van der Waals surface area contributed by atoms with Gasteiger partial charge in [-0.15, -0.1) is 0 Å². The van der Waals surface area contributed by atoms with E-state index in [9.17, 15) is 4.79 Å². The predicted octanol–water partition coefficient (Wildman–Crippen LogP) is 2.19. The minimum absolute atomic E-state index is 0.00892. The van der Waals surface area contributed by atoms with Crippen LogP contribution in [0.5, 0.6) is 0 Å². The zero-order valence-electron chi connectivity index (χ0n) is 11.0. The first-order chi connectivity index (χ1) is 9.29. The van der Waals surface area contributed by atoms with Gasteiger partial charge in [-0.2, -0.15) is 0 Å². The number of amides is 1. The molecule has 98 valence electrons. The molecule has 0 unspecified atom stereocenters. The van der Waals surface area contributed by atoms with Crippen LogP contribution < -0.4 is 10.6 Å². The van der Waals surface area contributed by atoms with Gasteiger partial charge in [0.05, 0.1) is 6.54 Å². The van der Waals surface area contributed by atoms with Crippen LogP contribution in [-0.4, -0.2) is 19.5 Å². The van der Waals surface area contributed by atoms with Gasteiger partial charge in [-0.25, -0.2) is 0 Å². The van der Waals surface area contributed by atoms with Crippen molar-refractivity contribution in [2.45, 2.75) is 6.54 Å². The molecule has 1 amide bonds. The third-order valence-corrected chi connectivity index (χ3v) is 2.89. The van der Waals surface area contributed by atoms with Crippen molar-refractivity contribution in [2.75, 3.05) is 13.6 Å². The minimum atomic E-state index is 0.00892. The number of hydrogen-bond acceptors (Lipinski definition) is 2. The van der Waals surface area contributed by atoms with E-state index in [0.29, 0.717) is 13.1 Å². The maximum absolute atomic E-state index is 11.3. The highest BCUT2D eigenvalue weighted by Crippen LogP contribution is 2.19. The first-order valence-electron chi connectivity index (χ1n) is 6.35. The number of rotatable bonds is 5. The Kier molecular flexibility index (Phi) is 4.70. The number of carbonyl (C=O) groups excluding carboxylic acids is 1. The summed E-state index contributed by atoms with van der Waals surface area (Å²) in [6.45, 7) is 0.914. The second kappa shape index (κ2) is 6.71. The van der Waals surface area contributed by atoms with Crippen molar-refractivity contribution < 1.29 is 4.79 Å². The fourth-order valence-electron chi connectivity index (χ4n) is 1.87. The zero-order chi connectivity index (χ0) is 13.5. The van der Waals surface area contributed by atoms with Crippen LogP contribution in [0, 0.1) is 0 Å². The lowest BCUT2D eigenvalue weighted by Gasteiger charge is -2.06. The predicted molar refractivity (Wildman–Crippen MR) is 77.7 cm³/mol. The summed E-state index contributed by atoms with van der Waals surface area (Å²) in [7, 11) is 1.76. The van der Waals surface area contributed by atoms with E-state index in [1.807, 2.05) is 30.3 Å². The molecule has 0 heterocycles. The van der Waals surface area contributed by atoms with Gasteiger partial charge in [0.25, 0.3) is 0 Å². The van der Waals surface area contributed by atoms with Crippen LogP contribution >= 0.6 is 0 Å². The fourth-order valence-corrected chi connectivity index (χ4v) is 1.87. The van der Waals surface area contributed by atoms with Gasteiger partial charge < -0.3 is 10.6 Å². The van der Waals surface area contributed by atoms with Crippen molar-refractivity contribution >= 4 is 5.91 Å². The molecule has 0 aliphatic carbocycles. The Morgan fingerprint density at radius 1 is 0.947 bits per heavy atom. The maximum atomic E-state index is 11.3. The second-order valence-corrected chi connectivity index (χ2v) is 4.37. The molecule has 3 heteroatoms. The van der Waals surface area contributed by atoms with E-state index in [4.69, 9.17) is 0 Å². The molecule has 2 N–H and O–H groups in total. The lowest BCUT2D eigenvalue weighted by Crippen LogP contribution is -2.31. The fraction of sp³-hybridized carbons (Fsp3) is 0.188. The molecule has 0 spiro atoms. The number of hydrogen-bond donors (Lipinski definition) is 2. The Morgan fingerprint density at radius 3 is 2.21 bits per heavy atom. The number of carbonyl (C=O) groups is 1. The second-order valence-electron chi connectivity index (χ2n) is 4.37. The molecule has 0 fully saturated rings. The Balaban J connectivity index is 1.97. The summed E-state index contributed by atoms with van der Waals surface area (Å²) in [5, 5.41) is 5.68. The summed E-state index contributed by atoms with van der Waals surface area (Å²) < 4.78 is 0. The molecule has 0 bridgehead atoms. The summed E-state index contributed by atoms with van der Waals surface area (Å²) >= 11 is 0. The van der Waals surface area contributed by atoms with E-state index in [1.54, 1.807) is 7.05 Å². The third-order valence-electron chi connectivity index (χ3n) is 2.89. The lowest BCUT2D eigenvalue weighted by atomic mass is 10.0. The third kappa shape index (κ3) is 3.93. The Hall–Kier alpha value is -2.13. The highest BCUT2D eigenvalue weighted by Gasteiger charge is 2.00. The van der Waals surface area contributed by atoms with Crippen LogP contribution in [0.1, 0.15) is 5.56 Å². The highest BCUT2D eigenvalue weighted by atomic mass is 16.1. The van der Waals surface area contributed by atoms with E-state index in [1.165, 1.54) is 11.1 Å². The molecule has 0 saturated heterocycles. The average molecular weight is 254 g/mol. The summed E-state index contributed by atoms with van der Waals surface area (Å²) in [6.07, 6.45) is 0. The van der Waals surface area contributed by atoms with Gasteiger partial charge in [0, 0.05) is 6.54 Å². The van der Waals surface area contributed by atoms with Crippen molar-refractivity contribution in [3.05, 3.63) is 60.2 Å². The van der Waals surface area contributed by atoms with Crippen molar-refractivity contribution in [2.24, 2.45) is 0 Å². The van der Waals surface area contributed by atoms with Gasteiger partial charge in [0.15, 0.2) is 0 Å². The summed E-state index contributed by atoms with van der Waals surface area (Å²) in [5.74, 6) is 0.00892. The molecule has 2 aromatic carbocycles. The highest BCUT2D eigenvalue weighted by molar-refractivity contribution is 5.77. The number of likely N-dealkylation sites (N-methyl/N-ethyl adjacent to an activating group) is 1. The van der Waals surface area contributed by atoms with Gasteiger partial charge in [-0.05, 0) is 23.7 Å². The van der Waals surface area contributed by atoms with Crippen LogP contribution in [0.15, 0.2) is 54.6 Å². The molecule has 0 aliphatic heterocycles.